The van der Waals surface area contributed by atoms with Crippen LogP contribution in [0.15, 0.2) is 48.6 Å². The van der Waals surface area contributed by atoms with Crippen LogP contribution >= 0.6 is 0 Å². The molecule has 0 aromatic rings. The molecule has 1 amide bonds. The van der Waals surface area contributed by atoms with Crippen molar-refractivity contribution < 1.29 is 20.1 Å². The lowest BCUT2D eigenvalue weighted by Crippen LogP contribution is -2.48. The Hall–Kier alpha value is -1.69. The molecule has 0 aliphatic carbocycles. The van der Waals surface area contributed by atoms with Gasteiger partial charge < -0.3 is 20.6 Å². The van der Waals surface area contributed by atoms with Crippen molar-refractivity contribution in [3.05, 3.63) is 48.6 Å². The van der Waals surface area contributed by atoms with E-state index in [1.807, 2.05) is 13.0 Å². The van der Waals surface area contributed by atoms with E-state index in [1.54, 1.807) is 6.08 Å². The van der Waals surface area contributed by atoms with Gasteiger partial charge in [0.05, 0.1) is 18.8 Å². The van der Waals surface area contributed by atoms with E-state index < -0.39 is 24.2 Å². The average Bonchev–Trinajstić information content (AvgIpc) is 3.07. The van der Waals surface area contributed by atoms with Gasteiger partial charge in [0.15, 0.2) is 0 Å². The van der Waals surface area contributed by atoms with Gasteiger partial charge in [-0.3, -0.25) is 4.79 Å². The number of amides is 1. The molecular weight excluding hydrogens is 582 g/mol. The lowest BCUT2D eigenvalue weighted by molar-refractivity contribution is -0.131. The molecule has 4 N–H and O–H groups in total. The monoisotopic (exact) mass is 660 g/mol. The van der Waals surface area contributed by atoms with Crippen LogP contribution in [0.3, 0.4) is 0 Å². The van der Waals surface area contributed by atoms with E-state index in [1.165, 1.54) is 122 Å². The fourth-order valence-electron chi connectivity index (χ4n) is 5.81. The number of carbonyl (C=O) groups is 1. The summed E-state index contributed by atoms with van der Waals surface area (Å²) in [5.41, 5.74) is 0. The van der Waals surface area contributed by atoms with Crippen molar-refractivity contribution in [3.63, 3.8) is 0 Å². The highest BCUT2D eigenvalue weighted by molar-refractivity contribution is 5.80. The number of nitrogens with one attached hydrogen (secondary N) is 1. The average molecular weight is 660 g/mol. The van der Waals surface area contributed by atoms with Gasteiger partial charge in [-0.2, -0.15) is 0 Å². The molecule has 0 radical (unpaired) electrons. The quantitative estimate of drug-likeness (QED) is 0.0402. The molecule has 5 heteroatoms. The highest BCUT2D eigenvalue weighted by Crippen LogP contribution is 2.14. The summed E-state index contributed by atoms with van der Waals surface area (Å²) in [4.78, 5) is 12.4. The van der Waals surface area contributed by atoms with E-state index in [0.717, 1.165) is 44.9 Å². The van der Waals surface area contributed by atoms with Crippen LogP contribution in [0.1, 0.15) is 187 Å². The van der Waals surface area contributed by atoms with Crippen molar-refractivity contribution in [2.75, 3.05) is 6.61 Å². The number of hydrogen-bond acceptors (Lipinski definition) is 4. The van der Waals surface area contributed by atoms with Gasteiger partial charge in [0.1, 0.15) is 6.10 Å². The van der Waals surface area contributed by atoms with E-state index in [9.17, 15) is 20.1 Å². The molecule has 0 bridgehead atoms. The summed E-state index contributed by atoms with van der Waals surface area (Å²) in [5.74, 6) is -0.524. The van der Waals surface area contributed by atoms with Gasteiger partial charge >= 0.3 is 0 Å². The Morgan fingerprint density at radius 3 is 1.43 bits per heavy atom. The summed E-state index contributed by atoms with van der Waals surface area (Å²) in [5, 5.41) is 32.8. The molecule has 0 heterocycles. The Labute approximate surface area is 291 Å². The van der Waals surface area contributed by atoms with E-state index in [2.05, 4.69) is 48.7 Å². The van der Waals surface area contributed by atoms with Gasteiger partial charge in [-0.05, 0) is 64.7 Å². The fourth-order valence-corrected chi connectivity index (χ4v) is 5.81. The highest BCUT2D eigenvalue weighted by Gasteiger charge is 2.22. The van der Waals surface area contributed by atoms with E-state index >= 15 is 0 Å². The summed E-state index contributed by atoms with van der Waals surface area (Å²) in [6, 6.07) is -0.820. The van der Waals surface area contributed by atoms with Gasteiger partial charge in [-0.25, -0.2) is 0 Å². The van der Waals surface area contributed by atoms with Crippen LogP contribution < -0.4 is 5.32 Å². The minimum absolute atomic E-state index is 0.384. The minimum atomic E-state index is -1.11. The molecule has 0 aromatic heterocycles. The largest absolute Gasteiger partial charge is 0.394 e. The number of allylic oxidation sites excluding steroid dienone is 7. The van der Waals surface area contributed by atoms with Gasteiger partial charge in [0.25, 0.3) is 0 Å². The molecule has 0 spiro atoms. The van der Waals surface area contributed by atoms with Gasteiger partial charge in [0.2, 0.25) is 5.91 Å². The first-order valence-electron chi connectivity index (χ1n) is 19.9. The minimum Gasteiger partial charge on any atom is -0.394 e. The third kappa shape index (κ3) is 32.6. The molecule has 5 nitrogen and oxygen atoms in total. The Bertz CT molecular complexity index is 775. The maximum atomic E-state index is 12.4. The van der Waals surface area contributed by atoms with Crippen LogP contribution in [-0.2, 0) is 4.79 Å². The zero-order valence-corrected chi connectivity index (χ0v) is 30.9. The van der Waals surface area contributed by atoms with E-state index in [-0.39, 0.29) is 6.61 Å². The maximum absolute atomic E-state index is 12.4. The third-order valence-electron chi connectivity index (χ3n) is 8.96. The number of aliphatic hydroxyl groups excluding tert-OH is 3. The first-order valence-corrected chi connectivity index (χ1v) is 19.9. The molecule has 0 saturated carbocycles. The fraction of sp³-hybridized carbons (Fsp3) is 0.786. The maximum Gasteiger partial charge on any atom is 0.249 e. The van der Waals surface area contributed by atoms with Gasteiger partial charge in [-0.15, -0.1) is 0 Å². The third-order valence-corrected chi connectivity index (χ3v) is 8.96. The van der Waals surface area contributed by atoms with Gasteiger partial charge in [0, 0.05) is 0 Å². The molecule has 0 aliphatic heterocycles. The Balaban J connectivity index is 3.63. The van der Waals surface area contributed by atoms with Crippen molar-refractivity contribution >= 4 is 5.91 Å². The number of rotatable bonds is 35. The molecule has 0 fully saturated rings. The van der Waals surface area contributed by atoms with Crippen LogP contribution in [0.5, 0.6) is 0 Å². The van der Waals surface area contributed by atoms with Crippen LogP contribution in [0.4, 0.5) is 0 Å². The highest BCUT2D eigenvalue weighted by atomic mass is 16.3. The SMILES string of the molecule is C/C=C/CC/C=C/CC/C=C/C(O)C(CO)NC(=O)C(O)CCCCCCCCCC/C=C\CCCCCCCCCCCCCC. The summed E-state index contributed by atoms with van der Waals surface area (Å²) in [7, 11) is 0. The van der Waals surface area contributed by atoms with Crippen molar-refractivity contribution in [1.29, 1.82) is 0 Å². The molecule has 274 valence electrons. The Morgan fingerprint density at radius 1 is 0.553 bits per heavy atom. The van der Waals surface area contributed by atoms with Crippen molar-refractivity contribution in [1.82, 2.24) is 5.32 Å². The predicted octanol–water partition coefficient (Wildman–Crippen LogP) is 11.0. The normalized spacial score (nSPS) is 14.2. The van der Waals surface area contributed by atoms with Crippen LogP contribution in [0.2, 0.25) is 0 Å². The zero-order valence-electron chi connectivity index (χ0n) is 30.9. The predicted molar refractivity (Wildman–Crippen MR) is 204 cm³/mol. The number of aliphatic hydroxyl groups is 3. The molecule has 0 aliphatic rings. The molecule has 3 unspecified atom stereocenters. The first-order chi connectivity index (χ1) is 23.1. The smallest absolute Gasteiger partial charge is 0.249 e. The first kappa shape index (κ1) is 45.3. The van der Waals surface area contributed by atoms with E-state index in [0.29, 0.717) is 6.42 Å². The number of carbonyl (C=O) groups excluding carboxylic acids is 1. The molecular formula is C42H77NO4. The van der Waals surface area contributed by atoms with E-state index in [4.69, 9.17) is 0 Å². The second kappa shape index (κ2) is 37.1. The van der Waals surface area contributed by atoms with Crippen molar-refractivity contribution in [2.45, 2.75) is 205 Å². The molecule has 0 rings (SSSR count). The summed E-state index contributed by atoms with van der Waals surface area (Å²) in [6.07, 6.45) is 47.4. The second-order valence-corrected chi connectivity index (χ2v) is 13.5. The number of unbranched alkanes of at least 4 members (excludes halogenated alkanes) is 22. The van der Waals surface area contributed by atoms with Gasteiger partial charge in [-0.1, -0.05) is 171 Å². The summed E-state index contributed by atoms with van der Waals surface area (Å²) >= 11 is 0. The molecule has 3 atom stereocenters. The number of hydrogen-bond donors (Lipinski definition) is 4. The summed E-state index contributed by atoms with van der Waals surface area (Å²) in [6.45, 7) is 3.92. The Morgan fingerprint density at radius 2 is 0.957 bits per heavy atom. The topological polar surface area (TPSA) is 89.8 Å². The standard InChI is InChI=1S/C42H77NO4/c1-3-5-7-9-11-13-14-15-16-17-18-19-20-21-22-23-24-25-26-27-29-31-33-35-37-41(46)42(47)43-39(38-44)40(45)36-34-32-30-28-12-10-8-6-4-2/h4,6,12,21-22,28,34,36,39-41,44-46H,3,5,7-11,13-20,23-27,29-33,35,37-38H2,1-2H3,(H,43,47)/b6-4+,22-21-,28-12+,36-34+. The Kier molecular flexibility index (Phi) is 35.8. The molecule has 47 heavy (non-hydrogen) atoms. The van der Waals surface area contributed by atoms with Crippen LogP contribution in [0.25, 0.3) is 0 Å². The van der Waals surface area contributed by atoms with Crippen molar-refractivity contribution in [3.8, 4) is 0 Å². The lowest BCUT2D eigenvalue weighted by Gasteiger charge is -2.21. The van der Waals surface area contributed by atoms with Crippen LogP contribution in [0, 0.1) is 0 Å². The summed E-state index contributed by atoms with van der Waals surface area (Å²) < 4.78 is 0. The molecule has 0 aromatic carbocycles. The van der Waals surface area contributed by atoms with Crippen LogP contribution in [-0.4, -0.2) is 46.1 Å². The molecule has 0 saturated heterocycles. The van der Waals surface area contributed by atoms with Crippen molar-refractivity contribution in [2.24, 2.45) is 0 Å². The second-order valence-electron chi connectivity index (χ2n) is 13.5. The zero-order chi connectivity index (χ0) is 34.5. The lowest BCUT2D eigenvalue weighted by atomic mass is 10.0.